The van der Waals surface area contributed by atoms with E-state index in [4.69, 9.17) is 19.6 Å². The van der Waals surface area contributed by atoms with Crippen LogP contribution in [0.3, 0.4) is 0 Å². The van der Waals surface area contributed by atoms with Crippen LogP contribution < -0.4 is 20.5 Å². The molecule has 4 rings (SSSR count). The van der Waals surface area contributed by atoms with Crippen LogP contribution in [0.1, 0.15) is 10.4 Å². The molecule has 0 bridgehead atoms. The van der Waals surface area contributed by atoms with Crippen molar-refractivity contribution in [2.24, 2.45) is 5.73 Å². The molecule has 0 fully saturated rings. The molecule has 0 saturated heterocycles. The molecule has 1 aliphatic heterocycles. The number of nitrogens with one attached hydrogen (secondary N) is 1. The van der Waals surface area contributed by atoms with Crippen LogP contribution in [0.2, 0.25) is 0 Å². The van der Waals surface area contributed by atoms with Crippen LogP contribution in [0, 0.1) is 0 Å². The normalized spacial score (nSPS) is 12.8. The molecular weight excluding hydrogens is 330 g/mol. The zero-order valence-electron chi connectivity index (χ0n) is 12.4. The minimum atomic E-state index is -0.533. The fourth-order valence-electron chi connectivity index (χ4n) is 2.29. The number of furan rings is 1. The number of carbonyl (C=O) groups is 1. The maximum absolute atomic E-state index is 11.1. The summed E-state index contributed by atoms with van der Waals surface area (Å²) in [5.41, 5.74) is 7.01. The Hall–Kier alpha value is -3.00. The largest absolute Gasteiger partial charge is 0.486 e. The van der Waals surface area contributed by atoms with Gasteiger partial charge in [-0.1, -0.05) is 0 Å². The lowest BCUT2D eigenvalue weighted by Crippen LogP contribution is -2.15. The fourth-order valence-corrected chi connectivity index (χ4v) is 3.01. The van der Waals surface area contributed by atoms with Gasteiger partial charge in [0.2, 0.25) is 0 Å². The van der Waals surface area contributed by atoms with E-state index in [1.807, 2.05) is 23.6 Å². The van der Waals surface area contributed by atoms with E-state index in [9.17, 15) is 4.79 Å². The topological polar surface area (TPSA) is 99.6 Å². The third-order valence-electron chi connectivity index (χ3n) is 3.43. The smallest absolute Gasteiger partial charge is 0.251 e. The average Bonchev–Trinajstić information content (AvgIpc) is 3.24. The number of benzene rings is 1. The molecule has 0 spiro atoms. The molecule has 7 nitrogen and oxygen atoms in total. The van der Waals surface area contributed by atoms with Gasteiger partial charge in [0, 0.05) is 17.1 Å². The Morgan fingerprint density at radius 2 is 2.04 bits per heavy atom. The molecule has 8 heteroatoms. The summed E-state index contributed by atoms with van der Waals surface area (Å²) in [7, 11) is 0. The number of fused-ring (bicyclic) bond motifs is 1. The number of ether oxygens (including phenoxy) is 2. The first kappa shape index (κ1) is 14.6. The SMILES string of the molecule is NC(=O)c1coc(-c2csc(Nc3ccc4c(c3)OCCO4)n2)c1. The van der Waals surface area contributed by atoms with Gasteiger partial charge in [-0.15, -0.1) is 11.3 Å². The van der Waals surface area contributed by atoms with Crippen LogP contribution in [0.5, 0.6) is 11.5 Å². The summed E-state index contributed by atoms with van der Waals surface area (Å²) in [5, 5.41) is 5.74. The van der Waals surface area contributed by atoms with Crippen molar-refractivity contribution in [3.63, 3.8) is 0 Å². The Balaban J connectivity index is 1.53. The number of amides is 1. The van der Waals surface area contributed by atoms with E-state index in [-0.39, 0.29) is 0 Å². The molecule has 0 saturated carbocycles. The van der Waals surface area contributed by atoms with Crippen molar-refractivity contribution in [1.29, 1.82) is 0 Å². The third kappa shape index (κ3) is 2.79. The second-order valence-electron chi connectivity index (χ2n) is 5.09. The molecule has 122 valence electrons. The highest BCUT2D eigenvalue weighted by molar-refractivity contribution is 7.14. The molecule has 0 aliphatic carbocycles. The number of rotatable bonds is 4. The number of anilines is 2. The van der Waals surface area contributed by atoms with Gasteiger partial charge in [-0.25, -0.2) is 4.98 Å². The quantitative estimate of drug-likeness (QED) is 0.755. The first-order valence-electron chi connectivity index (χ1n) is 7.20. The van der Waals surface area contributed by atoms with E-state index < -0.39 is 5.91 Å². The number of thiazole rings is 1. The van der Waals surface area contributed by atoms with Gasteiger partial charge in [0.15, 0.2) is 22.4 Å². The zero-order chi connectivity index (χ0) is 16.5. The van der Waals surface area contributed by atoms with Crippen LogP contribution >= 0.6 is 11.3 Å². The zero-order valence-corrected chi connectivity index (χ0v) is 13.3. The number of hydrogen-bond acceptors (Lipinski definition) is 7. The molecule has 0 atom stereocenters. The van der Waals surface area contributed by atoms with Crippen LogP contribution in [0.15, 0.2) is 40.3 Å². The van der Waals surface area contributed by atoms with Crippen LogP contribution in [-0.2, 0) is 0 Å². The minimum Gasteiger partial charge on any atom is -0.486 e. The fraction of sp³-hybridized carbons (Fsp3) is 0.125. The Kier molecular flexibility index (Phi) is 3.58. The van der Waals surface area contributed by atoms with Gasteiger partial charge in [0.1, 0.15) is 25.2 Å². The number of primary amides is 1. The minimum absolute atomic E-state index is 0.319. The average molecular weight is 343 g/mol. The van der Waals surface area contributed by atoms with Crippen molar-refractivity contribution in [3.8, 4) is 23.0 Å². The number of aromatic nitrogens is 1. The molecular formula is C16H13N3O4S. The predicted octanol–water partition coefficient (Wildman–Crippen LogP) is 3.02. The van der Waals surface area contributed by atoms with Crippen molar-refractivity contribution < 1.29 is 18.7 Å². The molecule has 2 aromatic heterocycles. The summed E-state index contributed by atoms with van der Waals surface area (Å²) in [6.45, 7) is 1.10. The molecule has 3 heterocycles. The Morgan fingerprint density at radius 3 is 2.83 bits per heavy atom. The lowest BCUT2D eigenvalue weighted by Gasteiger charge is -2.18. The first-order chi connectivity index (χ1) is 11.7. The van der Waals surface area contributed by atoms with E-state index in [1.165, 1.54) is 17.6 Å². The summed E-state index contributed by atoms with van der Waals surface area (Å²) in [6, 6.07) is 7.20. The van der Waals surface area contributed by atoms with Crippen molar-refractivity contribution >= 4 is 28.1 Å². The third-order valence-corrected chi connectivity index (χ3v) is 4.19. The lowest BCUT2D eigenvalue weighted by atomic mass is 10.2. The van der Waals surface area contributed by atoms with E-state index in [2.05, 4.69) is 10.3 Å². The summed E-state index contributed by atoms with van der Waals surface area (Å²) < 4.78 is 16.4. The highest BCUT2D eigenvalue weighted by atomic mass is 32.1. The van der Waals surface area contributed by atoms with Crippen LogP contribution in [0.25, 0.3) is 11.5 Å². The van der Waals surface area contributed by atoms with E-state index in [1.54, 1.807) is 6.07 Å². The van der Waals surface area contributed by atoms with Gasteiger partial charge in [-0.2, -0.15) is 0 Å². The standard InChI is InChI=1S/C16H13N3O4S/c17-15(20)9-5-13(23-7-9)11-8-24-16(19-11)18-10-1-2-12-14(6-10)22-4-3-21-12/h1-2,5-8H,3-4H2,(H2,17,20)(H,18,19). The summed E-state index contributed by atoms with van der Waals surface area (Å²) >= 11 is 1.42. The Bertz CT molecular complexity index is 902. The first-order valence-corrected chi connectivity index (χ1v) is 8.08. The van der Waals surface area contributed by atoms with Gasteiger partial charge in [-0.3, -0.25) is 4.79 Å². The van der Waals surface area contributed by atoms with Crippen LogP contribution in [-0.4, -0.2) is 24.1 Å². The highest BCUT2D eigenvalue weighted by Gasteiger charge is 2.14. The highest BCUT2D eigenvalue weighted by Crippen LogP contribution is 2.34. The number of carbonyl (C=O) groups excluding carboxylic acids is 1. The van der Waals surface area contributed by atoms with Crippen molar-refractivity contribution in [2.75, 3.05) is 18.5 Å². The van der Waals surface area contributed by atoms with Gasteiger partial charge in [0.25, 0.3) is 5.91 Å². The number of hydrogen-bond donors (Lipinski definition) is 2. The summed E-state index contributed by atoms with van der Waals surface area (Å²) in [6.07, 6.45) is 1.32. The van der Waals surface area contributed by atoms with E-state index >= 15 is 0 Å². The summed E-state index contributed by atoms with van der Waals surface area (Å²) in [5.74, 6) is 1.41. The van der Waals surface area contributed by atoms with Crippen molar-refractivity contribution in [3.05, 3.63) is 41.5 Å². The molecule has 1 amide bonds. The van der Waals surface area contributed by atoms with Gasteiger partial charge < -0.3 is 24.9 Å². The molecule has 1 aliphatic rings. The number of nitrogens with zero attached hydrogens (tertiary/aromatic N) is 1. The number of nitrogens with two attached hydrogens (primary N) is 1. The maximum atomic E-state index is 11.1. The Morgan fingerprint density at radius 1 is 1.21 bits per heavy atom. The molecule has 1 aromatic carbocycles. The molecule has 3 N–H and O–H groups in total. The molecule has 3 aromatic rings. The van der Waals surface area contributed by atoms with Crippen molar-refractivity contribution in [1.82, 2.24) is 4.98 Å². The Labute approximate surface area is 141 Å². The van der Waals surface area contributed by atoms with Gasteiger partial charge in [0.05, 0.1) is 5.56 Å². The van der Waals surface area contributed by atoms with E-state index in [0.717, 1.165) is 11.4 Å². The molecule has 0 radical (unpaired) electrons. The lowest BCUT2D eigenvalue weighted by molar-refractivity contribution is 0.0999. The van der Waals surface area contributed by atoms with Crippen LogP contribution in [0.4, 0.5) is 10.8 Å². The predicted molar refractivity (Wildman–Crippen MR) is 89.0 cm³/mol. The van der Waals surface area contributed by atoms with Gasteiger partial charge in [-0.05, 0) is 18.2 Å². The second kappa shape index (κ2) is 5.89. The van der Waals surface area contributed by atoms with Crippen molar-refractivity contribution in [2.45, 2.75) is 0 Å². The molecule has 0 unspecified atom stereocenters. The molecule has 24 heavy (non-hydrogen) atoms. The van der Waals surface area contributed by atoms with Gasteiger partial charge >= 0.3 is 0 Å². The van der Waals surface area contributed by atoms with E-state index in [0.29, 0.717) is 41.1 Å². The maximum Gasteiger partial charge on any atom is 0.251 e. The monoisotopic (exact) mass is 343 g/mol. The second-order valence-corrected chi connectivity index (χ2v) is 5.94. The summed E-state index contributed by atoms with van der Waals surface area (Å²) in [4.78, 5) is 15.6.